The summed E-state index contributed by atoms with van der Waals surface area (Å²) in [5.41, 5.74) is 0.315. The quantitative estimate of drug-likeness (QED) is 0.493. The molecule has 164 valence electrons. The second-order valence-corrected chi connectivity index (χ2v) is 6.71. The first-order chi connectivity index (χ1) is 15.3. The van der Waals surface area contributed by atoms with Crippen molar-refractivity contribution in [3.05, 3.63) is 72.4 Å². The van der Waals surface area contributed by atoms with E-state index in [-0.39, 0.29) is 29.5 Å². The SMILES string of the molecule is C=CC(=O)Nc1cccc(-c2nc(Nc3cccc4c3N(O)OC4)ncc2C(F)(F)F)c1. The standard InChI is InChI=1S/C21H16F3N5O3/c1-2-17(30)26-14-7-3-5-12(9-14)18-15(21(22,23)24)10-25-20(28-18)27-16-8-4-6-13-11-32-29(31)19(13)16/h2-10,31H,1,11H2,(H,26,30)(H,25,27,28). The normalized spacial score (nSPS) is 12.9. The van der Waals surface area contributed by atoms with Crippen molar-refractivity contribution in [1.29, 1.82) is 0 Å². The Morgan fingerprint density at radius 2 is 2.03 bits per heavy atom. The second kappa shape index (κ2) is 8.29. The maximum absolute atomic E-state index is 13.6. The highest BCUT2D eigenvalue weighted by Crippen LogP contribution is 2.39. The first-order valence-corrected chi connectivity index (χ1v) is 9.25. The van der Waals surface area contributed by atoms with Crippen LogP contribution in [0.3, 0.4) is 0 Å². The molecular formula is C21H16F3N5O3. The van der Waals surface area contributed by atoms with E-state index in [1.165, 1.54) is 24.3 Å². The van der Waals surface area contributed by atoms with Gasteiger partial charge in [0.25, 0.3) is 0 Å². The first kappa shape index (κ1) is 21.3. The van der Waals surface area contributed by atoms with E-state index in [0.29, 0.717) is 28.4 Å². The molecule has 0 spiro atoms. The number of amides is 1. The molecular weight excluding hydrogens is 427 g/mol. The third-order valence-corrected chi connectivity index (χ3v) is 4.58. The topological polar surface area (TPSA) is 99.6 Å². The molecule has 4 rings (SSSR count). The van der Waals surface area contributed by atoms with E-state index in [9.17, 15) is 23.2 Å². The number of carbonyl (C=O) groups is 1. The van der Waals surface area contributed by atoms with Crippen molar-refractivity contribution in [1.82, 2.24) is 9.97 Å². The molecule has 0 saturated carbocycles. The van der Waals surface area contributed by atoms with Gasteiger partial charge in [-0.15, -0.1) is 5.23 Å². The average Bonchev–Trinajstić information content (AvgIpc) is 3.15. The van der Waals surface area contributed by atoms with Crippen LogP contribution in [0.25, 0.3) is 11.3 Å². The fraction of sp³-hybridized carbons (Fsp3) is 0.0952. The molecule has 0 unspecified atom stereocenters. The van der Waals surface area contributed by atoms with Crippen molar-refractivity contribution >= 4 is 28.9 Å². The second-order valence-electron chi connectivity index (χ2n) is 6.71. The molecule has 2 heterocycles. The minimum Gasteiger partial charge on any atom is -0.323 e. The number of hydrogen-bond donors (Lipinski definition) is 3. The number of benzene rings is 2. The lowest BCUT2D eigenvalue weighted by molar-refractivity contribution is -0.137. The number of alkyl halides is 3. The molecule has 1 aromatic heterocycles. The van der Waals surface area contributed by atoms with E-state index in [2.05, 4.69) is 27.2 Å². The van der Waals surface area contributed by atoms with Gasteiger partial charge in [0.15, 0.2) is 0 Å². The molecule has 1 aliphatic heterocycles. The van der Waals surface area contributed by atoms with Crippen LogP contribution in [0.2, 0.25) is 0 Å². The van der Waals surface area contributed by atoms with Gasteiger partial charge in [-0.2, -0.15) is 13.2 Å². The minimum atomic E-state index is -4.71. The van der Waals surface area contributed by atoms with E-state index in [4.69, 9.17) is 4.84 Å². The Hall–Kier alpha value is -3.96. The van der Waals surface area contributed by atoms with Gasteiger partial charge < -0.3 is 10.6 Å². The van der Waals surface area contributed by atoms with E-state index < -0.39 is 17.6 Å². The Kier molecular flexibility index (Phi) is 5.51. The zero-order valence-electron chi connectivity index (χ0n) is 16.3. The van der Waals surface area contributed by atoms with Gasteiger partial charge in [-0.1, -0.05) is 30.8 Å². The van der Waals surface area contributed by atoms with Crippen molar-refractivity contribution in [3.63, 3.8) is 0 Å². The summed E-state index contributed by atoms with van der Waals surface area (Å²) < 4.78 is 40.9. The van der Waals surface area contributed by atoms with Crippen LogP contribution < -0.4 is 15.9 Å². The van der Waals surface area contributed by atoms with Crippen LogP contribution in [-0.4, -0.2) is 21.1 Å². The highest BCUT2D eigenvalue weighted by Gasteiger charge is 2.35. The number of carbonyl (C=O) groups excluding carboxylic acids is 1. The Morgan fingerprint density at radius 3 is 2.78 bits per heavy atom. The molecule has 0 bridgehead atoms. The van der Waals surface area contributed by atoms with E-state index in [1.807, 2.05) is 0 Å². The maximum Gasteiger partial charge on any atom is 0.419 e. The van der Waals surface area contributed by atoms with Crippen LogP contribution in [0.1, 0.15) is 11.1 Å². The zero-order valence-corrected chi connectivity index (χ0v) is 16.3. The molecule has 0 saturated heterocycles. The maximum atomic E-state index is 13.6. The molecule has 2 aromatic carbocycles. The average molecular weight is 443 g/mol. The molecule has 0 fully saturated rings. The Bertz CT molecular complexity index is 1200. The van der Waals surface area contributed by atoms with Gasteiger partial charge >= 0.3 is 6.18 Å². The number of hydrogen-bond acceptors (Lipinski definition) is 7. The van der Waals surface area contributed by atoms with Gasteiger partial charge in [-0.3, -0.25) is 10.0 Å². The predicted octanol–water partition coefficient (Wildman–Crippen LogP) is 4.67. The van der Waals surface area contributed by atoms with Gasteiger partial charge in [-0.05, 0) is 24.3 Å². The number of para-hydroxylation sites is 1. The Labute approximate surface area is 179 Å². The number of rotatable bonds is 5. The molecule has 1 aliphatic rings. The number of nitrogens with one attached hydrogen (secondary N) is 2. The summed E-state index contributed by atoms with van der Waals surface area (Å²) in [6.07, 6.45) is -2.99. The molecule has 1 amide bonds. The molecule has 0 radical (unpaired) electrons. The van der Waals surface area contributed by atoms with Crippen molar-refractivity contribution in [2.24, 2.45) is 0 Å². The van der Waals surface area contributed by atoms with Gasteiger partial charge in [0, 0.05) is 23.0 Å². The van der Waals surface area contributed by atoms with Gasteiger partial charge in [-0.25, -0.2) is 14.8 Å². The van der Waals surface area contributed by atoms with Crippen LogP contribution in [0.4, 0.5) is 36.2 Å². The fourth-order valence-electron chi connectivity index (χ4n) is 3.16. The van der Waals surface area contributed by atoms with Gasteiger partial charge in [0.1, 0.15) is 17.9 Å². The fourth-order valence-corrected chi connectivity index (χ4v) is 3.16. The molecule has 0 atom stereocenters. The highest BCUT2D eigenvalue weighted by molar-refractivity contribution is 5.99. The summed E-state index contributed by atoms with van der Waals surface area (Å²) in [6, 6.07) is 10.9. The largest absolute Gasteiger partial charge is 0.419 e. The summed E-state index contributed by atoms with van der Waals surface area (Å²) in [7, 11) is 0. The van der Waals surface area contributed by atoms with Crippen molar-refractivity contribution in [2.75, 3.05) is 15.9 Å². The van der Waals surface area contributed by atoms with E-state index in [1.54, 1.807) is 18.2 Å². The molecule has 8 nitrogen and oxygen atoms in total. The van der Waals surface area contributed by atoms with Crippen molar-refractivity contribution < 1.29 is 28.0 Å². The summed E-state index contributed by atoms with van der Waals surface area (Å²) in [5, 5.41) is 15.8. The summed E-state index contributed by atoms with van der Waals surface area (Å²) in [5.74, 6) is -0.626. The molecule has 32 heavy (non-hydrogen) atoms. The number of anilines is 4. The zero-order chi connectivity index (χ0) is 22.9. The van der Waals surface area contributed by atoms with E-state index in [0.717, 1.165) is 6.08 Å². The monoisotopic (exact) mass is 443 g/mol. The van der Waals surface area contributed by atoms with Gasteiger partial charge in [0.2, 0.25) is 11.9 Å². The lowest BCUT2D eigenvalue weighted by atomic mass is 10.1. The van der Waals surface area contributed by atoms with Crippen LogP contribution in [0.5, 0.6) is 0 Å². The highest BCUT2D eigenvalue weighted by atomic mass is 19.4. The summed E-state index contributed by atoms with van der Waals surface area (Å²) in [4.78, 5) is 24.5. The Morgan fingerprint density at radius 1 is 1.25 bits per heavy atom. The Balaban J connectivity index is 1.75. The lowest BCUT2D eigenvalue weighted by Gasteiger charge is -2.16. The first-order valence-electron chi connectivity index (χ1n) is 9.25. The van der Waals surface area contributed by atoms with Crippen LogP contribution in [0, 0.1) is 0 Å². The van der Waals surface area contributed by atoms with Crippen molar-refractivity contribution in [2.45, 2.75) is 12.8 Å². The molecule has 11 heteroatoms. The van der Waals surface area contributed by atoms with Crippen LogP contribution in [0.15, 0.2) is 61.3 Å². The summed E-state index contributed by atoms with van der Waals surface area (Å²) in [6.45, 7) is 3.49. The summed E-state index contributed by atoms with van der Waals surface area (Å²) >= 11 is 0. The number of halogens is 3. The third kappa shape index (κ3) is 4.24. The lowest BCUT2D eigenvalue weighted by Crippen LogP contribution is -2.14. The number of fused-ring (bicyclic) bond motifs is 1. The number of aromatic nitrogens is 2. The van der Waals surface area contributed by atoms with Gasteiger partial charge in [0.05, 0.1) is 11.4 Å². The van der Waals surface area contributed by atoms with Crippen molar-refractivity contribution in [3.8, 4) is 11.3 Å². The smallest absolute Gasteiger partial charge is 0.323 e. The minimum absolute atomic E-state index is 0.120. The predicted molar refractivity (Wildman–Crippen MR) is 110 cm³/mol. The molecule has 0 aliphatic carbocycles. The van der Waals surface area contributed by atoms with Crippen LogP contribution >= 0.6 is 0 Å². The molecule has 3 aromatic rings. The van der Waals surface area contributed by atoms with Crippen LogP contribution in [-0.2, 0) is 22.4 Å². The molecule has 3 N–H and O–H groups in total. The number of nitrogens with zero attached hydrogens (tertiary/aromatic N) is 3. The third-order valence-electron chi connectivity index (χ3n) is 4.58. The van der Waals surface area contributed by atoms with E-state index >= 15 is 0 Å².